The third-order valence-electron chi connectivity index (χ3n) is 0.143. The smallest absolute Gasteiger partial charge is 0.174 e. The molecule has 0 aliphatic heterocycles. The maximum absolute atomic E-state index is 10.3. The molecule has 76 valence electrons. The molecule has 0 aromatic heterocycles. The molecule has 0 aliphatic carbocycles. The predicted molar refractivity (Wildman–Crippen MR) is 37.6 cm³/mol. The summed E-state index contributed by atoms with van der Waals surface area (Å²) in [7, 11) is 0. The first-order valence-corrected chi connectivity index (χ1v) is 2.44. The van der Waals surface area contributed by atoms with E-state index in [1.807, 2.05) is 0 Å². The molecular formula is C7H6F6. The molecule has 0 fully saturated rings. The molecule has 0 atom stereocenters. The summed E-state index contributed by atoms with van der Waals surface area (Å²) in [6.45, 7) is 8.47. The average Bonchev–Trinajstić information content (AvgIpc) is 1.87. The van der Waals surface area contributed by atoms with Crippen molar-refractivity contribution in [1.82, 2.24) is 0 Å². The highest BCUT2D eigenvalue weighted by Crippen LogP contribution is 2.08. The van der Waals surface area contributed by atoms with Gasteiger partial charge in [0, 0.05) is 0 Å². The van der Waals surface area contributed by atoms with E-state index < -0.39 is 18.2 Å². The van der Waals surface area contributed by atoms with Gasteiger partial charge in [0.25, 0.3) is 6.08 Å². The lowest BCUT2D eigenvalue weighted by atomic mass is 11.0. The molecule has 0 heterocycles. The fourth-order valence-electron chi connectivity index (χ4n) is 0. The van der Waals surface area contributed by atoms with E-state index >= 15 is 0 Å². The molecule has 0 radical (unpaired) electrons. The van der Waals surface area contributed by atoms with Crippen molar-refractivity contribution >= 4 is 0 Å². The van der Waals surface area contributed by atoms with Gasteiger partial charge in [-0.05, 0) is 6.58 Å². The number of hydrogen-bond acceptors (Lipinski definition) is 0. The maximum atomic E-state index is 10.3. The van der Waals surface area contributed by atoms with E-state index in [1.54, 1.807) is 0 Å². The van der Waals surface area contributed by atoms with Crippen molar-refractivity contribution in [3.05, 3.63) is 43.7 Å². The van der Waals surface area contributed by atoms with Crippen LogP contribution in [0.25, 0.3) is 0 Å². The molecule has 0 spiro atoms. The van der Waals surface area contributed by atoms with Gasteiger partial charge in [-0.15, -0.1) is 5.73 Å². The molecule has 0 rings (SSSR count). The molecule has 0 saturated heterocycles. The summed E-state index contributed by atoms with van der Waals surface area (Å²) >= 11 is 0. The molecule has 0 aromatic carbocycles. The first-order valence-electron chi connectivity index (χ1n) is 2.44. The van der Waals surface area contributed by atoms with E-state index in [0.29, 0.717) is 0 Å². The van der Waals surface area contributed by atoms with Crippen molar-refractivity contribution in [3.8, 4) is 0 Å². The van der Waals surface area contributed by atoms with Crippen LogP contribution in [0.2, 0.25) is 0 Å². The zero-order valence-electron chi connectivity index (χ0n) is 6.39. The minimum atomic E-state index is -2.91. The summed E-state index contributed by atoms with van der Waals surface area (Å²) in [5, 5.41) is 0. The SMILES string of the molecule is C=C(F)F.C=C=C.FC(F)=C(F)F. The van der Waals surface area contributed by atoms with Crippen molar-refractivity contribution in [2.75, 3.05) is 0 Å². The minimum absolute atomic E-state index is 1.83. The van der Waals surface area contributed by atoms with Gasteiger partial charge in [0.05, 0.1) is 0 Å². The molecule has 0 nitrogen and oxygen atoms in total. The average molecular weight is 204 g/mol. The van der Waals surface area contributed by atoms with Gasteiger partial charge in [-0.25, -0.2) is 0 Å². The van der Waals surface area contributed by atoms with Crippen molar-refractivity contribution in [2.24, 2.45) is 0 Å². The third kappa shape index (κ3) is 117. The zero-order valence-corrected chi connectivity index (χ0v) is 6.39. The van der Waals surface area contributed by atoms with Crippen LogP contribution in [0.4, 0.5) is 26.3 Å². The monoisotopic (exact) mass is 204 g/mol. The van der Waals surface area contributed by atoms with Crippen LogP contribution in [0.5, 0.6) is 0 Å². The fourth-order valence-corrected chi connectivity index (χ4v) is 0. The number of rotatable bonds is 0. The fraction of sp³-hybridized carbons (Fsp3) is 0. The van der Waals surface area contributed by atoms with Crippen molar-refractivity contribution in [2.45, 2.75) is 0 Å². The van der Waals surface area contributed by atoms with E-state index in [2.05, 4.69) is 25.5 Å². The van der Waals surface area contributed by atoms with Gasteiger partial charge < -0.3 is 0 Å². The van der Waals surface area contributed by atoms with Gasteiger partial charge in [0.1, 0.15) is 0 Å². The van der Waals surface area contributed by atoms with Gasteiger partial charge in [0.15, 0.2) is 0 Å². The van der Waals surface area contributed by atoms with Gasteiger partial charge >= 0.3 is 12.2 Å². The highest BCUT2D eigenvalue weighted by molar-refractivity contribution is 4.77. The second-order valence-corrected chi connectivity index (χ2v) is 1.11. The molecule has 0 bridgehead atoms. The summed E-state index contributed by atoms with van der Waals surface area (Å²) < 4.78 is 61.4. The van der Waals surface area contributed by atoms with E-state index in [0.717, 1.165) is 0 Å². The molecule has 0 aliphatic rings. The molecule has 6 heteroatoms. The first kappa shape index (κ1) is 17.6. The van der Waals surface area contributed by atoms with E-state index in [-0.39, 0.29) is 0 Å². The molecule has 0 unspecified atom stereocenters. The predicted octanol–water partition coefficient (Wildman–Crippen LogP) is 4.34. The van der Waals surface area contributed by atoms with Crippen LogP contribution < -0.4 is 0 Å². The normalized spacial score (nSPS) is 6.31. The van der Waals surface area contributed by atoms with Crippen LogP contribution in [0.1, 0.15) is 0 Å². The van der Waals surface area contributed by atoms with Crippen LogP contribution in [-0.2, 0) is 0 Å². The first-order chi connectivity index (χ1) is 5.79. The Kier molecular flexibility index (Phi) is 17.9. The lowest BCUT2D eigenvalue weighted by molar-refractivity contribution is 0.308. The molecule has 0 amide bonds. The van der Waals surface area contributed by atoms with E-state index in [9.17, 15) is 26.3 Å². The van der Waals surface area contributed by atoms with E-state index in [4.69, 9.17) is 0 Å². The van der Waals surface area contributed by atoms with Crippen LogP contribution >= 0.6 is 0 Å². The summed E-state index contributed by atoms with van der Waals surface area (Å²) in [6.07, 6.45) is -7.65. The quantitative estimate of drug-likeness (QED) is 0.406. The molecule has 0 N–H and O–H groups in total. The number of hydrogen-bond donors (Lipinski definition) is 0. The molecule has 0 aromatic rings. The zero-order chi connectivity index (χ0) is 11.4. The topological polar surface area (TPSA) is 0 Å². The summed E-state index contributed by atoms with van der Waals surface area (Å²) in [4.78, 5) is 0. The van der Waals surface area contributed by atoms with Gasteiger partial charge in [-0.2, -0.15) is 26.3 Å². The van der Waals surface area contributed by atoms with E-state index in [1.165, 1.54) is 0 Å². The Morgan fingerprint density at radius 3 is 0.846 bits per heavy atom. The van der Waals surface area contributed by atoms with Crippen LogP contribution in [-0.4, -0.2) is 0 Å². The lowest BCUT2D eigenvalue weighted by Gasteiger charge is -1.69. The van der Waals surface area contributed by atoms with Gasteiger partial charge in [-0.3, -0.25) is 0 Å². The third-order valence-corrected chi connectivity index (χ3v) is 0.143. The van der Waals surface area contributed by atoms with Crippen molar-refractivity contribution in [3.63, 3.8) is 0 Å². The Labute approximate surface area is 71.2 Å². The Morgan fingerprint density at radius 2 is 0.846 bits per heavy atom. The molecule has 13 heavy (non-hydrogen) atoms. The van der Waals surface area contributed by atoms with Crippen molar-refractivity contribution in [1.29, 1.82) is 0 Å². The highest BCUT2D eigenvalue weighted by Gasteiger charge is 1.98. The molecular weight excluding hydrogens is 198 g/mol. The van der Waals surface area contributed by atoms with Crippen molar-refractivity contribution < 1.29 is 26.3 Å². The molecule has 0 saturated carbocycles. The Morgan fingerprint density at radius 1 is 0.769 bits per heavy atom. The summed E-state index contributed by atoms with van der Waals surface area (Å²) in [5.41, 5.74) is 2.25. The Bertz CT molecular complexity index is 177. The standard InChI is InChI=1S/C3H4.C2F4.C2H2F2/c1-3-2;3-1(4)2(5)6;1-2(3)4/h1-2H2;;1H2. The highest BCUT2D eigenvalue weighted by atomic mass is 19.3. The van der Waals surface area contributed by atoms with Gasteiger partial charge in [0.2, 0.25) is 0 Å². The van der Waals surface area contributed by atoms with Crippen LogP contribution in [0.15, 0.2) is 43.7 Å². The summed E-state index contributed by atoms with van der Waals surface area (Å²) in [5.74, 6) is 0. The van der Waals surface area contributed by atoms with Gasteiger partial charge in [-0.1, -0.05) is 13.2 Å². The second-order valence-electron chi connectivity index (χ2n) is 1.11. The minimum Gasteiger partial charge on any atom is -0.174 e. The lowest BCUT2D eigenvalue weighted by Crippen LogP contribution is -1.56. The summed E-state index contributed by atoms with van der Waals surface area (Å²) in [6, 6.07) is 0. The Balaban J connectivity index is -0.000000125. The van der Waals surface area contributed by atoms with Crippen LogP contribution in [0, 0.1) is 0 Å². The maximum Gasteiger partial charge on any atom is 0.334 e. The number of halogens is 6. The second kappa shape index (κ2) is 13.2. The van der Waals surface area contributed by atoms with Crippen LogP contribution in [0.3, 0.4) is 0 Å². The largest absolute Gasteiger partial charge is 0.334 e. The Hall–Kier alpha value is -1.42.